The van der Waals surface area contributed by atoms with Crippen molar-refractivity contribution in [3.63, 3.8) is 0 Å². The third kappa shape index (κ3) is 8.00. The lowest BCUT2D eigenvalue weighted by atomic mass is 9.95. The Kier molecular flexibility index (Phi) is 10.8. The second kappa shape index (κ2) is 14.5. The van der Waals surface area contributed by atoms with E-state index in [1.165, 1.54) is 23.5 Å². The van der Waals surface area contributed by atoms with Crippen molar-refractivity contribution >= 4 is 27.5 Å². The van der Waals surface area contributed by atoms with Gasteiger partial charge in [-0.1, -0.05) is 93.8 Å². The van der Waals surface area contributed by atoms with Crippen LogP contribution in [-0.4, -0.2) is 50.3 Å². The van der Waals surface area contributed by atoms with Crippen molar-refractivity contribution in [3.05, 3.63) is 96.1 Å². The summed E-state index contributed by atoms with van der Waals surface area (Å²) in [5.41, 5.74) is 2.51. The lowest BCUT2D eigenvalue weighted by Gasteiger charge is -2.33. The SMILES string of the molecule is CC(C)c1ccc(N(CC(=O)N(CCc2ccccc2)[C@@H](C)C(=O)NC2CCCCC2)S(=O)(=O)c2ccccc2)cc1. The Bertz CT molecular complexity index is 1400. The molecule has 0 spiro atoms. The van der Waals surface area contributed by atoms with Gasteiger partial charge in [-0.05, 0) is 67.5 Å². The van der Waals surface area contributed by atoms with E-state index in [1.807, 2.05) is 42.5 Å². The Morgan fingerprint density at radius 2 is 1.43 bits per heavy atom. The van der Waals surface area contributed by atoms with E-state index in [0.29, 0.717) is 12.1 Å². The van der Waals surface area contributed by atoms with Crippen LogP contribution in [0.25, 0.3) is 0 Å². The molecule has 0 saturated heterocycles. The summed E-state index contributed by atoms with van der Waals surface area (Å²) in [6.45, 7) is 5.74. The van der Waals surface area contributed by atoms with E-state index >= 15 is 0 Å². The van der Waals surface area contributed by atoms with Crippen LogP contribution in [0.1, 0.15) is 69.9 Å². The predicted molar refractivity (Wildman–Crippen MR) is 168 cm³/mol. The van der Waals surface area contributed by atoms with E-state index in [-0.39, 0.29) is 29.3 Å². The third-order valence-electron chi connectivity index (χ3n) is 8.06. The fraction of sp³-hybridized carbons (Fsp3) is 0.412. The zero-order chi connectivity index (χ0) is 30.1. The van der Waals surface area contributed by atoms with E-state index in [2.05, 4.69) is 19.2 Å². The number of carbonyl (C=O) groups is 2. The van der Waals surface area contributed by atoms with E-state index < -0.39 is 28.5 Å². The van der Waals surface area contributed by atoms with E-state index in [1.54, 1.807) is 37.3 Å². The van der Waals surface area contributed by atoms with Crippen LogP contribution in [-0.2, 0) is 26.0 Å². The molecule has 0 aliphatic heterocycles. The smallest absolute Gasteiger partial charge is 0.264 e. The molecule has 3 aromatic rings. The number of benzene rings is 3. The first kappa shape index (κ1) is 31.3. The lowest BCUT2D eigenvalue weighted by Crippen LogP contribution is -2.53. The van der Waals surface area contributed by atoms with Gasteiger partial charge in [-0.2, -0.15) is 0 Å². The van der Waals surface area contributed by atoms with E-state index in [0.717, 1.165) is 41.1 Å². The molecule has 0 bridgehead atoms. The molecule has 42 heavy (non-hydrogen) atoms. The summed E-state index contributed by atoms with van der Waals surface area (Å²) >= 11 is 0. The van der Waals surface area contributed by atoms with Gasteiger partial charge in [0.15, 0.2) is 0 Å². The Balaban J connectivity index is 1.63. The molecule has 1 saturated carbocycles. The second-order valence-corrected chi connectivity index (χ2v) is 13.3. The maximum absolute atomic E-state index is 14.1. The van der Waals surface area contributed by atoms with Crippen molar-refractivity contribution in [3.8, 4) is 0 Å². The Labute approximate surface area is 251 Å². The summed E-state index contributed by atoms with van der Waals surface area (Å²) in [5, 5.41) is 3.15. The van der Waals surface area contributed by atoms with Crippen LogP contribution in [0.5, 0.6) is 0 Å². The maximum Gasteiger partial charge on any atom is 0.264 e. The minimum absolute atomic E-state index is 0.102. The van der Waals surface area contributed by atoms with Crippen molar-refractivity contribution in [2.24, 2.45) is 0 Å². The van der Waals surface area contributed by atoms with Crippen molar-refractivity contribution in [1.82, 2.24) is 10.2 Å². The Morgan fingerprint density at radius 1 is 0.833 bits per heavy atom. The molecule has 1 aliphatic rings. The first-order valence-corrected chi connectivity index (χ1v) is 16.4. The number of rotatable bonds is 12. The topological polar surface area (TPSA) is 86.8 Å². The van der Waals surface area contributed by atoms with Gasteiger partial charge >= 0.3 is 0 Å². The van der Waals surface area contributed by atoms with E-state index in [4.69, 9.17) is 0 Å². The number of anilines is 1. The Morgan fingerprint density at radius 3 is 2.02 bits per heavy atom. The van der Waals surface area contributed by atoms with Crippen LogP contribution in [0.3, 0.4) is 0 Å². The van der Waals surface area contributed by atoms with Crippen molar-refractivity contribution in [1.29, 1.82) is 0 Å². The number of hydrogen-bond donors (Lipinski definition) is 1. The molecule has 0 aromatic heterocycles. The summed E-state index contributed by atoms with van der Waals surface area (Å²) in [6.07, 6.45) is 5.75. The molecule has 0 unspecified atom stereocenters. The van der Waals surface area contributed by atoms with Gasteiger partial charge in [0, 0.05) is 12.6 Å². The van der Waals surface area contributed by atoms with Crippen LogP contribution in [0.15, 0.2) is 89.8 Å². The third-order valence-corrected chi connectivity index (χ3v) is 9.85. The first-order chi connectivity index (χ1) is 20.2. The largest absolute Gasteiger partial charge is 0.352 e. The van der Waals surface area contributed by atoms with Crippen LogP contribution in [0.2, 0.25) is 0 Å². The van der Waals surface area contributed by atoms with Gasteiger partial charge in [-0.25, -0.2) is 8.42 Å². The molecule has 0 heterocycles. The molecule has 224 valence electrons. The highest BCUT2D eigenvalue weighted by Gasteiger charge is 2.33. The molecule has 8 heteroatoms. The quantitative estimate of drug-likeness (QED) is 0.284. The summed E-state index contributed by atoms with van der Waals surface area (Å²) in [6, 6.07) is 24.6. The van der Waals surface area contributed by atoms with Crippen LogP contribution >= 0.6 is 0 Å². The zero-order valence-electron chi connectivity index (χ0n) is 24.9. The van der Waals surface area contributed by atoms with Gasteiger partial charge in [0.05, 0.1) is 10.6 Å². The highest BCUT2D eigenvalue weighted by molar-refractivity contribution is 7.92. The van der Waals surface area contributed by atoms with Crippen LogP contribution in [0.4, 0.5) is 5.69 Å². The summed E-state index contributed by atoms with van der Waals surface area (Å²) in [4.78, 5) is 29.1. The average molecular weight is 590 g/mol. The monoisotopic (exact) mass is 589 g/mol. The molecule has 3 aromatic carbocycles. The molecular formula is C34H43N3O4S. The molecule has 1 N–H and O–H groups in total. The van der Waals surface area contributed by atoms with Gasteiger partial charge in [0.1, 0.15) is 12.6 Å². The van der Waals surface area contributed by atoms with Gasteiger partial charge in [-0.15, -0.1) is 0 Å². The molecule has 1 fully saturated rings. The Hall–Kier alpha value is -3.65. The van der Waals surface area contributed by atoms with Crippen molar-refractivity contribution < 1.29 is 18.0 Å². The summed E-state index contributed by atoms with van der Waals surface area (Å²) in [5.74, 6) is -0.358. The van der Waals surface area contributed by atoms with Crippen molar-refractivity contribution in [2.45, 2.75) is 82.2 Å². The molecule has 7 nitrogen and oxygen atoms in total. The zero-order valence-corrected chi connectivity index (χ0v) is 25.7. The van der Waals surface area contributed by atoms with Gasteiger partial charge in [0.2, 0.25) is 11.8 Å². The van der Waals surface area contributed by atoms with Gasteiger partial charge in [-0.3, -0.25) is 13.9 Å². The van der Waals surface area contributed by atoms with Crippen molar-refractivity contribution in [2.75, 3.05) is 17.4 Å². The maximum atomic E-state index is 14.1. The average Bonchev–Trinajstić information content (AvgIpc) is 3.01. The standard InChI is InChI=1S/C34H43N3O4S/c1-26(2)29-19-21-31(22-20-29)37(42(40,41)32-17-11-6-12-18-32)25-33(38)36(24-23-28-13-7-4-8-14-28)27(3)34(39)35-30-15-9-5-10-16-30/h4,6-8,11-14,17-22,26-27,30H,5,9-10,15-16,23-25H2,1-3H3,(H,35,39)/t27-/m0/s1. The van der Waals surface area contributed by atoms with E-state index in [9.17, 15) is 18.0 Å². The fourth-order valence-electron chi connectivity index (χ4n) is 5.41. The van der Waals surface area contributed by atoms with Gasteiger partial charge in [0.25, 0.3) is 10.0 Å². The van der Waals surface area contributed by atoms with Crippen LogP contribution < -0.4 is 9.62 Å². The number of amides is 2. The minimum atomic E-state index is -4.07. The fourth-order valence-corrected chi connectivity index (χ4v) is 6.85. The first-order valence-electron chi connectivity index (χ1n) is 15.0. The lowest BCUT2D eigenvalue weighted by molar-refractivity contribution is -0.139. The number of sulfonamides is 1. The predicted octanol–water partition coefficient (Wildman–Crippen LogP) is 5.91. The molecular weight excluding hydrogens is 546 g/mol. The molecule has 2 amide bonds. The number of carbonyl (C=O) groups excluding carboxylic acids is 2. The summed E-state index contributed by atoms with van der Waals surface area (Å²) < 4.78 is 29.0. The minimum Gasteiger partial charge on any atom is -0.352 e. The number of nitrogens with zero attached hydrogens (tertiary/aromatic N) is 2. The summed E-state index contributed by atoms with van der Waals surface area (Å²) in [7, 11) is -4.07. The molecule has 1 atom stereocenters. The second-order valence-electron chi connectivity index (χ2n) is 11.4. The van der Waals surface area contributed by atoms with Crippen LogP contribution in [0, 0.1) is 0 Å². The number of nitrogens with one attached hydrogen (secondary N) is 1. The molecule has 1 aliphatic carbocycles. The highest BCUT2D eigenvalue weighted by Crippen LogP contribution is 2.26. The molecule has 4 rings (SSSR count). The number of hydrogen-bond acceptors (Lipinski definition) is 4. The van der Waals surface area contributed by atoms with Gasteiger partial charge < -0.3 is 10.2 Å². The highest BCUT2D eigenvalue weighted by atomic mass is 32.2. The molecule has 0 radical (unpaired) electrons. The normalized spacial score (nSPS) is 14.8.